The van der Waals surface area contributed by atoms with E-state index >= 15 is 0 Å². The van der Waals surface area contributed by atoms with Crippen molar-refractivity contribution in [2.45, 2.75) is 24.3 Å². The Kier molecular flexibility index (Phi) is 4.20. The van der Waals surface area contributed by atoms with E-state index < -0.39 is 5.63 Å². The van der Waals surface area contributed by atoms with Crippen molar-refractivity contribution in [3.8, 4) is 5.75 Å². The molecule has 132 valence electrons. The van der Waals surface area contributed by atoms with Crippen LogP contribution in [0.4, 0.5) is 0 Å². The highest BCUT2D eigenvalue weighted by Gasteiger charge is 2.13. The molecule has 0 unspecified atom stereocenters. The molecule has 2 aromatic heterocycles. The number of fused-ring (bicyclic) bond motifs is 2. The molecule has 2 aromatic carbocycles. The van der Waals surface area contributed by atoms with Gasteiger partial charge in [0.1, 0.15) is 11.3 Å². The topological polar surface area (TPSA) is 68.3 Å². The third-order valence-electron chi connectivity index (χ3n) is 4.51. The summed E-state index contributed by atoms with van der Waals surface area (Å²) in [6.07, 6.45) is 0.707. The maximum Gasteiger partial charge on any atom is 0.336 e. The van der Waals surface area contributed by atoms with Crippen LogP contribution in [0, 0.1) is 0 Å². The highest BCUT2D eigenvalue weighted by Crippen LogP contribution is 2.31. The van der Waals surface area contributed by atoms with Gasteiger partial charge in [-0.05, 0) is 35.7 Å². The molecule has 6 heteroatoms. The Morgan fingerprint density at radius 1 is 1.19 bits per heavy atom. The van der Waals surface area contributed by atoms with Crippen molar-refractivity contribution >= 4 is 33.8 Å². The molecule has 0 bridgehead atoms. The largest absolute Gasteiger partial charge is 0.508 e. The second kappa shape index (κ2) is 6.53. The van der Waals surface area contributed by atoms with E-state index in [4.69, 9.17) is 4.42 Å². The maximum absolute atomic E-state index is 11.9. The van der Waals surface area contributed by atoms with Crippen LogP contribution in [0.5, 0.6) is 5.75 Å². The van der Waals surface area contributed by atoms with Crippen LogP contribution in [0.3, 0.4) is 0 Å². The standard InChI is InChI=1S/C20H18N2O3S/c1-3-12-8-14-13(9-19(24)25-18(14)10-17(12)23)11-26-20-21-15-6-4-5-7-16(15)22(20)2/h4-10,23H,3,11H2,1-2H3. The van der Waals surface area contributed by atoms with Gasteiger partial charge in [0.05, 0.1) is 11.0 Å². The molecule has 0 fully saturated rings. The van der Waals surface area contributed by atoms with Crippen molar-refractivity contribution in [2.75, 3.05) is 0 Å². The van der Waals surface area contributed by atoms with Crippen LogP contribution in [0.25, 0.3) is 22.0 Å². The Hall–Kier alpha value is -2.73. The summed E-state index contributed by atoms with van der Waals surface area (Å²) in [5.41, 5.74) is 3.73. The number of thioether (sulfide) groups is 1. The van der Waals surface area contributed by atoms with Gasteiger partial charge in [0.15, 0.2) is 5.16 Å². The van der Waals surface area contributed by atoms with E-state index in [0.717, 1.165) is 32.7 Å². The molecule has 0 atom stereocenters. The molecule has 26 heavy (non-hydrogen) atoms. The van der Waals surface area contributed by atoms with Gasteiger partial charge in [-0.1, -0.05) is 30.8 Å². The normalized spacial score (nSPS) is 11.5. The number of aryl methyl sites for hydroxylation is 2. The van der Waals surface area contributed by atoms with E-state index in [0.29, 0.717) is 17.8 Å². The summed E-state index contributed by atoms with van der Waals surface area (Å²) >= 11 is 1.58. The molecule has 0 saturated carbocycles. The number of aromatic nitrogens is 2. The van der Waals surface area contributed by atoms with Crippen LogP contribution in [-0.4, -0.2) is 14.7 Å². The second-order valence-electron chi connectivity index (χ2n) is 6.15. The van der Waals surface area contributed by atoms with E-state index in [1.54, 1.807) is 11.8 Å². The van der Waals surface area contributed by atoms with Crippen LogP contribution in [0.15, 0.2) is 56.8 Å². The quantitative estimate of drug-likeness (QED) is 0.432. The van der Waals surface area contributed by atoms with E-state index in [-0.39, 0.29) is 5.75 Å². The van der Waals surface area contributed by atoms with Gasteiger partial charge in [0.2, 0.25) is 0 Å². The predicted octanol–water partition coefficient (Wildman–Crippen LogP) is 4.24. The minimum Gasteiger partial charge on any atom is -0.508 e. The smallest absolute Gasteiger partial charge is 0.336 e. The number of hydrogen-bond donors (Lipinski definition) is 1. The molecular formula is C20H18N2O3S. The van der Waals surface area contributed by atoms with Gasteiger partial charge in [-0.2, -0.15) is 0 Å². The van der Waals surface area contributed by atoms with Crippen molar-refractivity contribution < 1.29 is 9.52 Å². The second-order valence-corrected chi connectivity index (χ2v) is 7.09. The molecule has 4 aromatic rings. The average Bonchev–Trinajstić information content (AvgIpc) is 2.95. The van der Waals surface area contributed by atoms with Gasteiger partial charge in [0.25, 0.3) is 0 Å². The van der Waals surface area contributed by atoms with Crippen LogP contribution >= 0.6 is 11.8 Å². The first-order valence-corrected chi connectivity index (χ1v) is 9.38. The molecule has 2 heterocycles. The predicted molar refractivity (Wildman–Crippen MR) is 104 cm³/mol. The lowest BCUT2D eigenvalue weighted by Crippen LogP contribution is -2.01. The zero-order chi connectivity index (χ0) is 18.3. The number of hydrogen-bond acceptors (Lipinski definition) is 5. The number of benzene rings is 2. The minimum absolute atomic E-state index is 0.156. The third-order valence-corrected chi connectivity index (χ3v) is 5.59. The van der Waals surface area contributed by atoms with Crippen molar-refractivity contribution in [3.63, 3.8) is 0 Å². The first-order chi connectivity index (χ1) is 12.6. The molecule has 0 aliphatic carbocycles. The van der Waals surface area contributed by atoms with Gasteiger partial charge in [-0.25, -0.2) is 9.78 Å². The number of phenolic OH excluding ortho intramolecular Hbond substituents is 1. The van der Waals surface area contributed by atoms with E-state index in [1.807, 2.05) is 44.3 Å². The molecule has 5 nitrogen and oxygen atoms in total. The number of rotatable bonds is 4. The zero-order valence-corrected chi connectivity index (χ0v) is 15.3. The fourth-order valence-electron chi connectivity index (χ4n) is 3.10. The van der Waals surface area contributed by atoms with Crippen LogP contribution in [-0.2, 0) is 19.2 Å². The summed E-state index contributed by atoms with van der Waals surface area (Å²) < 4.78 is 7.31. The fourth-order valence-corrected chi connectivity index (χ4v) is 4.08. The summed E-state index contributed by atoms with van der Waals surface area (Å²) in [6.45, 7) is 1.98. The lowest BCUT2D eigenvalue weighted by molar-refractivity contribution is 0.466. The fraction of sp³-hybridized carbons (Fsp3) is 0.200. The number of imidazole rings is 1. The summed E-state index contributed by atoms with van der Waals surface area (Å²) in [6, 6.07) is 12.9. The van der Waals surface area contributed by atoms with Gasteiger partial charge >= 0.3 is 5.63 Å². The van der Waals surface area contributed by atoms with Gasteiger partial charge < -0.3 is 14.1 Å². The van der Waals surface area contributed by atoms with Gasteiger partial charge in [-0.15, -0.1) is 0 Å². The van der Waals surface area contributed by atoms with Crippen molar-refractivity contribution in [2.24, 2.45) is 7.05 Å². The number of aromatic hydroxyl groups is 1. The summed E-state index contributed by atoms with van der Waals surface area (Å²) in [7, 11) is 1.99. The Balaban J connectivity index is 1.74. The van der Waals surface area contributed by atoms with E-state index in [2.05, 4.69) is 9.55 Å². The Morgan fingerprint density at radius 2 is 2.00 bits per heavy atom. The maximum atomic E-state index is 11.9. The minimum atomic E-state index is -0.415. The number of phenols is 1. The van der Waals surface area contributed by atoms with Crippen LogP contribution < -0.4 is 5.63 Å². The first-order valence-electron chi connectivity index (χ1n) is 8.39. The molecule has 0 aliphatic rings. The van der Waals surface area contributed by atoms with Gasteiger partial charge in [-0.3, -0.25) is 0 Å². The molecule has 0 aliphatic heterocycles. The number of nitrogens with zero attached hydrogens (tertiary/aromatic N) is 2. The highest BCUT2D eigenvalue weighted by atomic mass is 32.2. The first kappa shape index (κ1) is 16.7. The lowest BCUT2D eigenvalue weighted by Gasteiger charge is -2.08. The molecule has 0 saturated heterocycles. The Morgan fingerprint density at radius 3 is 2.77 bits per heavy atom. The Labute approximate surface area is 154 Å². The summed E-state index contributed by atoms with van der Waals surface area (Å²) in [4.78, 5) is 16.6. The van der Waals surface area contributed by atoms with Crippen molar-refractivity contribution in [3.05, 3.63) is 64.0 Å². The van der Waals surface area contributed by atoms with Crippen LogP contribution in [0.1, 0.15) is 18.1 Å². The van der Waals surface area contributed by atoms with Gasteiger partial charge in [0, 0.05) is 30.3 Å². The zero-order valence-electron chi connectivity index (χ0n) is 14.5. The number of para-hydroxylation sites is 2. The highest BCUT2D eigenvalue weighted by molar-refractivity contribution is 7.98. The summed E-state index contributed by atoms with van der Waals surface area (Å²) in [5, 5.41) is 11.8. The Bertz CT molecular complexity index is 1180. The molecule has 1 N–H and O–H groups in total. The lowest BCUT2D eigenvalue weighted by atomic mass is 10.1. The molecule has 0 spiro atoms. The average molecular weight is 366 g/mol. The third kappa shape index (κ3) is 2.86. The van der Waals surface area contributed by atoms with Crippen LogP contribution in [0.2, 0.25) is 0 Å². The summed E-state index contributed by atoms with van der Waals surface area (Å²) in [5.74, 6) is 0.746. The van der Waals surface area contributed by atoms with E-state index in [1.165, 1.54) is 12.1 Å². The molecular weight excluding hydrogens is 348 g/mol. The molecule has 0 radical (unpaired) electrons. The molecule has 0 amide bonds. The van der Waals surface area contributed by atoms with E-state index in [9.17, 15) is 9.90 Å². The van der Waals surface area contributed by atoms with Crippen molar-refractivity contribution in [1.29, 1.82) is 0 Å². The van der Waals surface area contributed by atoms with Crippen molar-refractivity contribution in [1.82, 2.24) is 9.55 Å². The monoisotopic (exact) mass is 366 g/mol. The SMILES string of the molecule is CCc1cc2c(CSc3nc4ccccc4n3C)cc(=O)oc2cc1O. The molecule has 4 rings (SSSR count).